The number of nitrogens with zero attached hydrogens (tertiary/aromatic N) is 1. The van der Waals surface area contributed by atoms with Crippen LogP contribution in [0.15, 0.2) is 30.3 Å². The molecule has 2 aliphatic rings. The van der Waals surface area contributed by atoms with Crippen molar-refractivity contribution in [3.63, 3.8) is 0 Å². The predicted molar refractivity (Wildman–Crippen MR) is 67.8 cm³/mol. The molecule has 2 heteroatoms. The van der Waals surface area contributed by atoms with Gasteiger partial charge in [-0.1, -0.05) is 31.0 Å². The van der Waals surface area contributed by atoms with E-state index in [2.05, 4.69) is 40.5 Å². The second kappa shape index (κ2) is 4.46. The molecule has 0 spiro atoms. The fourth-order valence-electron chi connectivity index (χ4n) is 3.20. The third kappa shape index (κ3) is 1.82. The summed E-state index contributed by atoms with van der Waals surface area (Å²) in [5.74, 6) is 0. The molecule has 1 N–H and O–H groups in total. The Labute approximate surface area is 97.6 Å². The van der Waals surface area contributed by atoms with Crippen molar-refractivity contribution >= 4 is 5.69 Å². The van der Waals surface area contributed by atoms with Crippen LogP contribution in [0.3, 0.4) is 0 Å². The molecule has 2 fully saturated rings. The summed E-state index contributed by atoms with van der Waals surface area (Å²) in [5, 5.41) is 3.68. The zero-order valence-corrected chi connectivity index (χ0v) is 9.73. The van der Waals surface area contributed by atoms with E-state index in [-0.39, 0.29) is 0 Å². The Morgan fingerprint density at radius 2 is 1.88 bits per heavy atom. The van der Waals surface area contributed by atoms with Gasteiger partial charge in [0.2, 0.25) is 0 Å². The van der Waals surface area contributed by atoms with Gasteiger partial charge in [-0.25, -0.2) is 0 Å². The van der Waals surface area contributed by atoms with Crippen LogP contribution < -0.4 is 10.2 Å². The normalized spacial score (nSPS) is 29.9. The number of anilines is 1. The van der Waals surface area contributed by atoms with Crippen molar-refractivity contribution in [2.24, 2.45) is 0 Å². The zero-order valence-electron chi connectivity index (χ0n) is 9.73. The van der Waals surface area contributed by atoms with Gasteiger partial charge in [0.05, 0.1) is 0 Å². The first kappa shape index (κ1) is 10.2. The van der Waals surface area contributed by atoms with Crippen LogP contribution in [0.2, 0.25) is 0 Å². The Bertz CT molecular complexity index is 334. The van der Waals surface area contributed by atoms with Crippen LogP contribution in [0.25, 0.3) is 0 Å². The van der Waals surface area contributed by atoms with Crippen LogP contribution in [0.5, 0.6) is 0 Å². The number of benzene rings is 1. The van der Waals surface area contributed by atoms with Crippen molar-refractivity contribution in [1.82, 2.24) is 5.32 Å². The molecule has 1 aromatic rings. The minimum atomic E-state index is 0.725. The Hall–Kier alpha value is -1.02. The van der Waals surface area contributed by atoms with Crippen LogP contribution in [0.4, 0.5) is 5.69 Å². The van der Waals surface area contributed by atoms with E-state index in [1.54, 1.807) is 0 Å². The molecule has 3 rings (SSSR count). The lowest BCUT2D eigenvalue weighted by Crippen LogP contribution is -2.59. The number of hydrogen-bond donors (Lipinski definition) is 1. The van der Waals surface area contributed by atoms with Gasteiger partial charge in [-0.2, -0.15) is 0 Å². The van der Waals surface area contributed by atoms with Gasteiger partial charge in [-0.15, -0.1) is 0 Å². The number of piperazine rings is 1. The predicted octanol–water partition coefficient (Wildman–Crippen LogP) is 2.41. The van der Waals surface area contributed by atoms with E-state index in [9.17, 15) is 0 Å². The molecule has 2 nitrogen and oxygen atoms in total. The molecule has 0 bridgehead atoms. The van der Waals surface area contributed by atoms with Gasteiger partial charge in [0.15, 0.2) is 0 Å². The van der Waals surface area contributed by atoms with Crippen LogP contribution in [-0.2, 0) is 0 Å². The summed E-state index contributed by atoms with van der Waals surface area (Å²) >= 11 is 0. The fraction of sp³-hybridized carbons (Fsp3) is 0.571. The molecule has 86 valence electrons. The standard InChI is InChI=1S/C14H20N2/c1-2-6-12(7-3-1)16-11-10-15-13-8-4-5-9-14(13)16/h1-3,6-7,13-15H,4-5,8-11H2/t13-,14+/m1/s1. The third-order valence-corrected chi connectivity index (χ3v) is 3.98. The van der Waals surface area contributed by atoms with Crippen LogP contribution in [0.1, 0.15) is 25.7 Å². The Kier molecular flexibility index (Phi) is 2.83. The molecule has 16 heavy (non-hydrogen) atoms. The monoisotopic (exact) mass is 216 g/mol. The van der Waals surface area contributed by atoms with Gasteiger partial charge in [0, 0.05) is 30.9 Å². The summed E-state index contributed by atoms with van der Waals surface area (Å²) in [5.41, 5.74) is 1.40. The maximum atomic E-state index is 3.68. The van der Waals surface area contributed by atoms with Crippen molar-refractivity contribution in [1.29, 1.82) is 0 Å². The van der Waals surface area contributed by atoms with E-state index < -0.39 is 0 Å². The average Bonchev–Trinajstić information content (AvgIpc) is 2.39. The molecular weight excluding hydrogens is 196 g/mol. The Morgan fingerprint density at radius 1 is 1.06 bits per heavy atom. The summed E-state index contributed by atoms with van der Waals surface area (Å²) < 4.78 is 0. The molecule has 1 saturated carbocycles. The minimum absolute atomic E-state index is 0.725. The summed E-state index contributed by atoms with van der Waals surface area (Å²) in [6.07, 6.45) is 5.50. The minimum Gasteiger partial charge on any atom is -0.366 e. The molecular formula is C14H20N2. The summed E-state index contributed by atoms with van der Waals surface area (Å²) in [4.78, 5) is 2.61. The van der Waals surface area contributed by atoms with Gasteiger partial charge < -0.3 is 10.2 Å². The molecule has 2 atom stereocenters. The van der Waals surface area contributed by atoms with E-state index in [0.717, 1.165) is 25.2 Å². The van der Waals surface area contributed by atoms with E-state index in [0.29, 0.717) is 0 Å². The van der Waals surface area contributed by atoms with Gasteiger partial charge in [-0.05, 0) is 25.0 Å². The van der Waals surface area contributed by atoms with E-state index >= 15 is 0 Å². The lowest BCUT2D eigenvalue weighted by atomic mass is 9.87. The second-order valence-corrected chi connectivity index (χ2v) is 4.94. The number of rotatable bonds is 1. The molecule has 0 unspecified atom stereocenters. The SMILES string of the molecule is c1ccc(N2CCN[C@@H]3CCCC[C@@H]32)cc1. The number of fused-ring (bicyclic) bond motifs is 1. The van der Waals surface area contributed by atoms with Gasteiger partial charge in [0.1, 0.15) is 0 Å². The number of nitrogens with one attached hydrogen (secondary N) is 1. The molecule has 1 aromatic carbocycles. The molecule has 0 radical (unpaired) electrons. The third-order valence-electron chi connectivity index (χ3n) is 3.98. The van der Waals surface area contributed by atoms with Crippen molar-refractivity contribution in [2.45, 2.75) is 37.8 Å². The highest BCUT2D eigenvalue weighted by atomic mass is 15.2. The van der Waals surface area contributed by atoms with Crippen molar-refractivity contribution in [3.8, 4) is 0 Å². The van der Waals surface area contributed by atoms with Crippen LogP contribution >= 0.6 is 0 Å². The smallest absolute Gasteiger partial charge is 0.0443 e. The van der Waals surface area contributed by atoms with E-state index in [4.69, 9.17) is 0 Å². The Morgan fingerprint density at radius 3 is 2.75 bits per heavy atom. The van der Waals surface area contributed by atoms with Gasteiger partial charge in [0.25, 0.3) is 0 Å². The molecule has 1 aliphatic heterocycles. The maximum Gasteiger partial charge on any atom is 0.0443 e. The van der Waals surface area contributed by atoms with E-state index in [1.807, 2.05) is 0 Å². The molecule has 1 saturated heterocycles. The first-order valence-corrected chi connectivity index (χ1v) is 6.50. The molecule has 1 aliphatic carbocycles. The highest BCUT2D eigenvalue weighted by molar-refractivity contribution is 5.48. The maximum absolute atomic E-state index is 3.68. The topological polar surface area (TPSA) is 15.3 Å². The zero-order chi connectivity index (χ0) is 10.8. The molecule has 0 aromatic heterocycles. The number of hydrogen-bond acceptors (Lipinski definition) is 2. The molecule has 0 amide bonds. The van der Waals surface area contributed by atoms with Crippen molar-refractivity contribution in [2.75, 3.05) is 18.0 Å². The van der Waals surface area contributed by atoms with E-state index in [1.165, 1.54) is 31.4 Å². The second-order valence-electron chi connectivity index (χ2n) is 4.94. The first-order valence-electron chi connectivity index (χ1n) is 6.50. The lowest BCUT2D eigenvalue weighted by Gasteiger charge is -2.46. The summed E-state index contributed by atoms with van der Waals surface area (Å²) in [6.45, 7) is 2.29. The van der Waals surface area contributed by atoms with Gasteiger partial charge >= 0.3 is 0 Å². The van der Waals surface area contributed by atoms with Crippen LogP contribution in [-0.4, -0.2) is 25.2 Å². The Balaban J connectivity index is 1.83. The summed E-state index contributed by atoms with van der Waals surface area (Å²) in [6, 6.07) is 12.3. The van der Waals surface area contributed by atoms with Gasteiger partial charge in [-0.3, -0.25) is 0 Å². The highest BCUT2D eigenvalue weighted by Crippen LogP contribution is 2.29. The number of para-hydroxylation sites is 1. The average molecular weight is 216 g/mol. The van der Waals surface area contributed by atoms with Crippen LogP contribution in [0, 0.1) is 0 Å². The first-order chi connectivity index (χ1) is 7.95. The summed E-state index contributed by atoms with van der Waals surface area (Å²) in [7, 11) is 0. The van der Waals surface area contributed by atoms with Crippen molar-refractivity contribution in [3.05, 3.63) is 30.3 Å². The largest absolute Gasteiger partial charge is 0.366 e. The molecule has 1 heterocycles. The van der Waals surface area contributed by atoms with Crippen molar-refractivity contribution < 1.29 is 0 Å². The quantitative estimate of drug-likeness (QED) is 0.775. The highest BCUT2D eigenvalue weighted by Gasteiger charge is 2.32. The lowest BCUT2D eigenvalue weighted by molar-refractivity contribution is 0.284. The fourth-order valence-corrected chi connectivity index (χ4v) is 3.20.